The van der Waals surface area contributed by atoms with Gasteiger partial charge >= 0.3 is 6.09 Å². The van der Waals surface area contributed by atoms with Gasteiger partial charge in [-0.15, -0.1) is 0 Å². The Labute approximate surface area is 96.6 Å². The number of ether oxygens (including phenoxy) is 1. The Morgan fingerprint density at radius 2 is 2.00 bits per heavy atom. The van der Waals surface area contributed by atoms with Gasteiger partial charge in [-0.05, 0) is 33.6 Å². The molecular weight excluding hydrogens is 206 g/mol. The molecule has 0 unspecified atom stereocenters. The zero-order valence-electron chi connectivity index (χ0n) is 10.5. The summed E-state index contributed by atoms with van der Waals surface area (Å²) in [7, 11) is 0. The summed E-state index contributed by atoms with van der Waals surface area (Å²) in [5, 5.41) is 0. The first-order valence-electron chi connectivity index (χ1n) is 5.72. The molecule has 1 aliphatic carbocycles. The van der Waals surface area contributed by atoms with Crippen LogP contribution in [-0.2, 0) is 4.74 Å². The molecule has 1 amide bonds. The predicted molar refractivity (Wildman–Crippen MR) is 63.3 cm³/mol. The first-order valence-corrected chi connectivity index (χ1v) is 5.72. The summed E-state index contributed by atoms with van der Waals surface area (Å²) in [6.45, 7) is 7.47. The predicted octanol–water partition coefficient (Wildman–Crippen LogP) is 1.99. The molecular formula is C11H21N3O2. The van der Waals surface area contributed by atoms with Gasteiger partial charge in [0.05, 0.1) is 6.04 Å². The van der Waals surface area contributed by atoms with Gasteiger partial charge in [-0.1, -0.05) is 6.92 Å². The third kappa shape index (κ3) is 5.58. The fraction of sp³-hybridized carbons (Fsp3) is 0.818. The second-order valence-electron chi connectivity index (χ2n) is 4.91. The largest absolute Gasteiger partial charge is 0.443 e. The van der Waals surface area contributed by atoms with Crippen molar-refractivity contribution in [3.63, 3.8) is 0 Å². The summed E-state index contributed by atoms with van der Waals surface area (Å²) in [6.07, 6.45) is 2.59. The number of nitrogens with one attached hydrogen (secondary N) is 2. The lowest BCUT2D eigenvalue weighted by atomic mass is 10.2. The van der Waals surface area contributed by atoms with E-state index in [1.54, 1.807) is 0 Å². The summed E-state index contributed by atoms with van der Waals surface area (Å²) >= 11 is 0. The summed E-state index contributed by atoms with van der Waals surface area (Å²) < 4.78 is 5.09. The number of amides is 1. The average Bonchev–Trinajstić information content (AvgIpc) is 2.92. The summed E-state index contributed by atoms with van der Waals surface area (Å²) in [4.78, 5) is 15.7. The van der Waals surface area contributed by atoms with Gasteiger partial charge in [0.1, 0.15) is 11.4 Å². The van der Waals surface area contributed by atoms with E-state index in [4.69, 9.17) is 4.74 Å². The van der Waals surface area contributed by atoms with E-state index in [9.17, 15) is 4.79 Å². The molecule has 0 aromatic rings. The van der Waals surface area contributed by atoms with Gasteiger partial charge in [0.2, 0.25) is 0 Å². The van der Waals surface area contributed by atoms with Crippen LogP contribution in [0.1, 0.15) is 47.0 Å². The van der Waals surface area contributed by atoms with Gasteiger partial charge in [0.15, 0.2) is 0 Å². The molecule has 0 aliphatic heterocycles. The minimum absolute atomic E-state index is 0.447. The van der Waals surface area contributed by atoms with E-state index in [0.29, 0.717) is 6.04 Å². The number of amidine groups is 1. The second-order valence-corrected chi connectivity index (χ2v) is 4.91. The zero-order valence-corrected chi connectivity index (χ0v) is 10.5. The van der Waals surface area contributed by atoms with Crippen LogP contribution in [0.15, 0.2) is 4.99 Å². The van der Waals surface area contributed by atoms with Crippen LogP contribution in [0.2, 0.25) is 0 Å². The van der Waals surface area contributed by atoms with E-state index < -0.39 is 11.7 Å². The molecule has 0 bridgehead atoms. The fourth-order valence-electron chi connectivity index (χ4n) is 1.06. The summed E-state index contributed by atoms with van der Waals surface area (Å²) in [5.74, 6) is 0.799. The average molecular weight is 227 g/mol. The van der Waals surface area contributed by atoms with Crippen LogP contribution < -0.4 is 10.9 Å². The van der Waals surface area contributed by atoms with Crippen molar-refractivity contribution in [1.29, 1.82) is 0 Å². The van der Waals surface area contributed by atoms with E-state index in [1.807, 2.05) is 27.7 Å². The van der Waals surface area contributed by atoms with Crippen LogP contribution in [0, 0.1) is 0 Å². The third-order valence-corrected chi connectivity index (χ3v) is 1.93. The van der Waals surface area contributed by atoms with Gasteiger partial charge in [0, 0.05) is 6.42 Å². The Hall–Kier alpha value is -1.26. The molecule has 0 aromatic heterocycles. The summed E-state index contributed by atoms with van der Waals surface area (Å²) in [5.41, 5.74) is 4.79. The molecule has 0 atom stereocenters. The zero-order chi connectivity index (χ0) is 12.2. The highest BCUT2D eigenvalue weighted by Crippen LogP contribution is 2.23. The van der Waals surface area contributed by atoms with E-state index in [1.165, 1.54) is 0 Å². The van der Waals surface area contributed by atoms with Gasteiger partial charge in [-0.25, -0.2) is 10.2 Å². The SMILES string of the molecule is CCC(=NC1CC1)NNC(=O)OC(C)(C)C. The number of rotatable bonds is 2. The first-order chi connectivity index (χ1) is 7.40. The highest BCUT2D eigenvalue weighted by molar-refractivity contribution is 5.84. The lowest BCUT2D eigenvalue weighted by Crippen LogP contribution is -2.44. The maximum absolute atomic E-state index is 11.3. The minimum Gasteiger partial charge on any atom is -0.443 e. The van der Waals surface area contributed by atoms with Crippen molar-refractivity contribution < 1.29 is 9.53 Å². The number of aliphatic imine (C=N–C) groups is 1. The van der Waals surface area contributed by atoms with Crippen molar-refractivity contribution in [2.24, 2.45) is 4.99 Å². The number of carbonyl (C=O) groups excluding carboxylic acids is 1. The van der Waals surface area contributed by atoms with Gasteiger partial charge in [-0.3, -0.25) is 10.4 Å². The molecule has 5 nitrogen and oxygen atoms in total. The fourth-order valence-corrected chi connectivity index (χ4v) is 1.06. The normalized spacial score (nSPS) is 16.9. The maximum Gasteiger partial charge on any atom is 0.426 e. The Kier molecular flexibility index (Phi) is 4.15. The molecule has 0 aromatic carbocycles. The van der Waals surface area contributed by atoms with E-state index in [0.717, 1.165) is 25.1 Å². The number of nitrogens with zero attached hydrogens (tertiary/aromatic N) is 1. The van der Waals surface area contributed by atoms with E-state index in [2.05, 4.69) is 15.8 Å². The van der Waals surface area contributed by atoms with Crippen LogP contribution in [-0.4, -0.2) is 23.6 Å². The molecule has 0 radical (unpaired) electrons. The van der Waals surface area contributed by atoms with Crippen molar-refractivity contribution in [3.05, 3.63) is 0 Å². The number of hydrogen-bond acceptors (Lipinski definition) is 3. The highest BCUT2D eigenvalue weighted by atomic mass is 16.6. The molecule has 0 heterocycles. The third-order valence-electron chi connectivity index (χ3n) is 1.93. The Morgan fingerprint density at radius 3 is 2.44 bits per heavy atom. The molecule has 1 aliphatic rings. The van der Waals surface area contributed by atoms with E-state index in [-0.39, 0.29) is 0 Å². The van der Waals surface area contributed by atoms with Crippen LogP contribution in [0.4, 0.5) is 4.79 Å². The number of hydrogen-bond donors (Lipinski definition) is 2. The summed E-state index contributed by atoms with van der Waals surface area (Å²) in [6, 6.07) is 0.447. The van der Waals surface area contributed by atoms with Crippen LogP contribution in [0.3, 0.4) is 0 Å². The second kappa shape index (κ2) is 5.18. The van der Waals surface area contributed by atoms with Crippen LogP contribution in [0.25, 0.3) is 0 Å². The van der Waals surface area contributed by atoms with Crippen LogP contribution >= 0.6 is 0 Å². The molecule has 0 saturated heterocycles. The lowest BCUT2D eigenvalue weighted by Gasteiger charge is -2.20. The highest BCUT2D eigenvalue weighted by Gasteiger charge is 2.21. The van der Waals surface area contributed by atoms with Crippen molar-refractivity contribution in [2.45, 2.75) is 58.6 Å². The first kappa shape index (κ1) is 12.8. The van der Waals surface area contributed by atoms with Gasteiger partial charge in [-0.2, -0.15) is 0 Å². The Morgan fingerprint density at radius 1 is 1.38 bits per heavy atom. The molecule has 92 valence electrons. The minimum atomic E-state index is -0.482. The topological polar surface area (TPSA) is 62.7 Å². The Bertz CT molecular complexity index is 277. The standard InChI is InChI=1S/C11H21N3O2/c1-5-9(12-8-6-7-8)13-14-10(15)16-11(2,3)4/h8H,5-7H2,1-4H3,(H,12,13)(H,14,15). The molecule has 1 saturated carbocycles. The smallest absolute Gasteiger partial charge is 0.426 e. The quantitative estimate of drug-likeness (QED) is 0.431. The van der Waals surface area contributed by atoms with Crippen molar-refractivity contribution in [3.8, 4) is 0 Å². The molecule has 0 spiro atoms. The molecule has 1 rings (SSSR count). The molecule has 5 heteroatoms. The van der Waals surface area contributed by atoms with E-state index >= 15 is 0 Å². The van der Waals surface area contributed by atoms with Crippen LogP contribution in [0.5, 0.6) is 0 Å². The monoisotopic (exact) mass is 227 g/mol. The molecule has 2 N–H and O–H groups in total. The van der Waals surface area contributed by atoms with Gasteiger partial charge < -0.3 is 4.74 Å². The van der Waals surface area contributed by atoms with Crippen molar-refractivity contribution in [2.75, 3.05) is 0 Å². The van der Waals surface area contributed by atoms with Crippen molar-refractivity contribution in [1.82, 2.24) is 10.9 Å². The maximum atomic E-state index is 11.3. The van der Waals surface area contributed by atoms with Crippen molar-refractivity contribution >= 4 is 11.9 Å². The lowest BCUT2D eigenvalue weighted by molar-refractivity contribution is 0.0512. The molecule has 1 fully saturated rings. The van der Waals surface area contributed by atoms with Gasteiger partial charge in [0.25, 0.3) is 0 Å². The number of carbonyl (C=O) groups is 1. The Balaban J connectivity index is 2.29. The molecule has 16 heavy (non-hydrogen) atoms. The number of hydrazine groups is 1.